The molecule has 1 rings (SSSR count). The molecule has 0 aliphatic heterocycles. The van der Waals surface area contributed by atoms with Crippen molar-refractivity contribution < 1.29 is 0 Å². The zero-order valence-electron chi connectivity index (χ0n) is 10.5. The highest BCUT2D eigenvalue weighted by Crippen LogP contribution is 2.23. The molecule has 4 nitrogen and oxygen atoms in total. The van der Waals surface area contributed by atoms with E-state index in [1.54, 1.807) is 6.20 Å². The van der Waals surface area contributed by atoms with Crippen LogP contribution in [0.25, 0.3) is 0 Å². The maximum absolute atomic E-state index is 6.20. The highest BCUT2D eigenvalue weighted by atomic mass is 35.5. The second-order valence-corrected chi connectivity index (χ2v) is 4.47. The molecule has 0 radical (unpaired) electrons. The Bertz CT molecular complexity index is 322. The van der Waals surface area contributed by atoms with Crippen molar-refractivity contribution in [2.24, 2.45) is 0 Å². The number of rotatable bonds is 6. The van der Waals surface area contributed by atoms with Gasteiger partial charge in [-0.25, -0.2) is 0 Å². The molecular weight excluding hydrogens is 224 g/mol. The van der Waals surface area contributed by atoms with Gasteiger partial charge in [0.25, 0.3) is 0 Å². The van der Waals surface area contributed by atoms with Gasteiger partial charge in [0.2, 0.25) is 0 Å². The predicted molar refractivity (Wildman–Crippen MR) is 67.9 cm³/mol. The number of aryl methyl sites for hydroxylation is 1. The molecule has 1 unspecified atom stereocenters. The van der Waals surface area contributed by atoms with E-state index in [0.717, 1.165) is 30.4 Å². The van der Waals surface area contributed by atoms with E-state index in [9.17, 15) is 0 Å². The Balaban J connectivity index is 2.94. The molecule has 5 heteroatoms. The Hall–Kier alpha value is -0.580. The van der Waals surface area contributed by atoms with Crippen molar-refractivity contribution in [2.75, 3.05) is 27.2 Å². The lowest BCUT2D eigenvalue weighted by atomic mass is 10.2. The number of halogens is 1. The Morgan fingerprint density at radius 2 is 2.19 bits per heavy atom. The van der Waals surface area contributed by atoms with E-state index in [0.29, 0.717) is 0 Å². The van der Waals surface area contributed by atoms with E-state index >= 15 is 0 Å². The number of nitrogens with one attached hydrogen (secondary N) is 1. The van der Waals surface area contributed by atoms with Crippen LogP contribution in [0.2, 0.25) is 5.02 Å². The molecule has 1 aromatic heterocycles. The number of hydrogen-bond acceptors (Lipinski definition) is 3. The Morgan fingerprint density at radius 1 is 1.50 bits per heavy atom. The standard InChI is InChI=1S/C11H21ClN4/c1-5-13-10(8-15(3)4)11-9(12)7-14-16(11)6-2/h7,10,13H,5-6,8H2,1-4H3. The van der Waals surface area contributed by atoms with E-state index in [1.807, 2.05) is 4.68 Å². The van der Waals surface area contributed by atoms with Crippen molar-refractivity contribution in [1.29, 1.82) is 0 Å². The summed E-state index contributed by atoms with van der Waals surface area (Å²) in [6.07, 6.45) is 1.72. The molecule has 0 aliphatic rings. The lowest BCUT2D eigenvalue weighted by Gasteiger charge is -2.23. The fourth-order valence-corrected chi connectivity index (χ4v) is 2.10. The molecule has 16 heavy (non-hydrogen) atoms. The number of aromatic nitrogens is 2. The van der Waals surface area contributed by atoms with Crippen LogP contribution in [0.5, 0.6) is 0 Å². The highest BCUT2D eigenvalue weighted by molar-refractivity contribution is 6.31. The van der Waals surface area contributed by atoms with Gasteiger partial charge in [0.15, 0.2) is 0 Å². The van der Waals surface area contributed by atoms with Gasteiger partial charge in [-0.15, -0.1) is 0 Å². The van der Waals surface area contributed by atoms with E-state index in [4.69, 9.17) is 11.6 Å². The minimum atomic E-state index is 0.231. The minimum absolute atomic E-state index is 0.231. The average Bonchev–Trinajstić information content (AvgIpc) is 2.58. The van der Waals surface area contributed by atoms with Crippen molar-refractivity contribution in [3.8, 4) is 0 Å². The number of nitrogens with zero attached hydrogens (tertiary/aromatic N) is 3. The maximum Gasteiger partial charge on any atom is 0.0834 e. The summed E-state index contributed by atoms with van der Waals surface area (Å²) in [5.41, 5.74) is 1.08. The summed E-state index contributed by atoms with van der Waals surface area (Å²) in [5.74, 6) is 0. The summed E-state index contributed by atoms with van der Waals surface area (Å²) in [6, 6.07) is 0.231. The van der Waals surface area contributed by atoms with Gasteiger partial charge in [0.05, 0.1) is 23.0 Å². The summed E-state index contributed by atoms with van der Waals surface area (Å²) < 4.78 is 1.96. The third-order valence-electron chi connectivity index (χ3n) is 2.46. The van der Waals surface area contributed by atoms with Crippen LogP contribution in [-0.4, -0.2) is 41.9 Å². The van der Waals surface area contributed by atoms with E-state index in [1.165, 1.54) is 0 Å². The normalized spacial score (nSPS) is 13.4. The fourth-order valence-electron chi connectivity index (χ4n) is 1.83. The average molecular weight is 245 g/mol. The molecule has 0 saturated heterocycles. The summed E-state index contributed by atoms with van der Waals surface area (Å²) >= 11 is 6.20. The van der Waals surface area contributed by atoms with Crippen molar-refractivity contribution >= 4 is 11.6 Å². The lowest BCUT2D eigenvalue weighted by molar-refractivity contribution is 0.333. The van der Waals surface area contributed by atoms with Gasteiger partial charge >= 0.3 is 0 Å². The molecule has 0 spiro atoms. The summed E-state index contributed by atoms with van der Waals surface area (Å²) in [6.45, 7) is 6.86. The topological polar surface area (TPSA) is 33.1 Å². The van der Waals surface area contributed by atoms with Gasteiger partial charge in [-0.3, -0.25) is 4.68 Å². The molecule has 0 fully saturated rings. The SMILES string of the molecule is CCNC(CN(C)C)c1c(Cl)cnn1CC. The van der Waals surface area contributed by atoms with Crippen LogP contribution in [0.3, 0.4) is 0 Å². The van der Waals surface area contributed by atoms with Crippen LogP contribution in [-0.2, 0) is 6.54 Å². The molecule has 0 amide bonds. The van der Waals surface area contributed by atoms with Crippen molar-refractivity contribution in [3.63, 3.8) is 0 Å². The number of likely N-dealkylation sites (N-methyl/N-ethyl adjacent to an activating group) is 2. The lowest BCUT2D eigenvalue weighted by Crippen LogP contribution is -2.33. The third kappa shape index (κ3) is 3.20. The van der Waals surface area contributed by atoms with E-state index in [2.05, 4.69) is 43.3 Å². The largest absolute Gasteiger partial charge is 0.308 e. The van der Waals surface area contributed by atoms with Gasteiger partial charge in [0, 0.05) is 13.1 Å². The zero-order chi connectivity index (χ0) is 12.1. The second kappa shape index (κ2) is 6.23. The zero-order valence-corrected chi connectivity index (χ0v) is 11.3. The highest BCUT2D eigenvalue weighted by Gasteiger charge is 2.19. The molecule has 1 N–H and O–H groups in total. The van der Waals surface area contributed by atoms with Gasteiger partial charge < -0.3 is 10.2 Å². The molecular formula is C11H21ClN4. The van der Waals surface area contributed by atoms with Crippen LogP contribution < -0.4 is 5.32 Å². The van der Waals surface area contributed by atoms with Crippen LogP contribution >= 0.6 is 11.6 Å². The molecule has 0 aromatic carbocycles. The Kier molecular flexibility index (Phi) is 5.25. The van der Waals surface area contributed by atoms with Crippen LogP contribution in [0, 0.1) is 0 Å². The summed E-state index contributed by atoms with van der Waals surface area (Å²) in [7, 11) is 4.12. The van der Waals surface area contributed by atoms with Gasteiger partial charge in [-0.2, -0.15) is 5.10 Å². The quantitative estimate of drug-likeness (QED) is 0.828. The first-order valence-corrected chi connectivity index (χ1v) is 6.07. The molecule has 0 bridgehead atoms. The second-order valence-electron chi connectivity index (χ2n) is 4.07. The Labute approximate surface area is 103 Å². The van der Waals surface area contributed by atoms with Crippen molar-refractivity contribution in [3.05, 3.63) is 16.9 Å². The molecule has 1 heterocycles. The predicted octanol–water partition coefficient (Wildman–Crippen LogP) is 1.77. The first kappa shape index (κ1) is 13.5. The molecule has 0 aliphatic carbocycles. The van der Waals surface area contributed by atoms with Crippen LogP contribution in [0.1, 0.15) is 25.6 Å². The first-order valence-electron chi connectivity index (χ1n) is 5.69. The van der Waals surface area contributed by atoms with E-state index in [-0.39, 0.29) is 6.04 Å². The number of hydrogen-bond donors (Lipinski definition) is 1. The summed E-state index contributed by atoms with van der Waals surface area (Å²) in [4.78, 5) is 2.15. The van der Waals surface area contributed by atoms with Crippen LogP contribution in [0.4, 0.5) is 0 Å². The van der Waals surface area contributed by atoms with Crippen molar-refractivity contribution in [2.45, 2.75) is 26.4 Å². The summed E-state index contributed by atoms with van der Waals surface area (Å²) in [5, 5.41) is 8.46. The van der Waals surface area contributed by atoms with Crippen LogP contribution in [0.15, 0.2) is 6.20 Å². The van der Waals surface area contributed by atoms with Gasteiger partial charge in [-0.1, -0.05) is 18.5 Å². The van der Waals surface area contributed by atoms with E-state index < -0.39 is 0 Å². The first-order chi connectivity index (χ1) is 7.60. The third-order valence-corrected chi connectivity index (χ3v) is 2.75. The minimum Gasteiger partial charge on any atom is -0.308 e. The maximum atomic E-state index is 6.20. The van der Waals surface area contributed by atoms with Crippen molar-refractivity contribution in [1.82, 2.24) is 20.0 Å². The monoisotopic (exact) mass is 244 g/mol. The Morgan fingerprint density at radius 3 is 2.69 bits per heavy atom. The fraction of sp³-hybridized carbons (Fsp3) is 0.727. The molecule has 1 atom stereocenters. The smallest absolute Gasteiger partial charge is 0.0834 e. The molecule has 92 valence electrons. The molecule has 1 aromatic rings. The van der Waals surface area contributed by atoms with Gasteiger partial charge in [-0.05, 0) is 27.6 Å². The molecule has 0 saturated carbocycles. The van der Waals surface area contributed by atoms with Gasteiger partial charge in [0.1, 0.15) is 0 Å².